The van der Waals surface area contributed by atoms with Gasteiger partial charge in [-0.15, -0.1) is 0 Å². The van der Waals surface area contributed by atoms with E-state index in [-0.39, 0.29) is 30.6 Å². The van der Waals surface area contributed by atoms with Gasteiger partial charge in [0.1, 0.15) is 11.9 Å². The van der Waals surface area contributed by atoms with Gasteiger partial charge in [0, 0.05) is 12.1 Å². The molecule has 150 valence electrons. The lowest BCUT2D eigenvalue weighted by molar-refractivity contribution is -0.140. The van der Waals surface area contributed by atoms with Crippen LogP contribution >= 0.6 is 0 Å². The molecule has 0 radical (unpaired) electrons. The number of amides is 2. The summed E-state index contributed by atoms with van der Waals surface area (Å²) in [6.07, 6.45) is 0.209. The summed E-state index contributed by atoms with van der Waals surface area (Å²) >= 11 is 0. The third-order valence-electron chi connectivity index (χ3n) is 4.53. The predicted molar refractivity (Wildman–Crippen MR) is 109 cm³/mol. The quantitative estimate of drug-likeness (QED) is 0.818. The summed E-state index contributed by atoms with van der Waals surface area (Å²) in [4.78, 5) is 27.4. The van der Waals surface area contributed by atoms with Gasteiger partial charge in [-0.25, -0.2) is 4.39 Å². The lowest BCUT2D eigenvalue weighted by Gasteiger charge is -2.31. The Bertz CT molecular complexity index is 825. The van der Waals surface area contributed by atoms with Gasteiger partial charge in [0.15, 0.2) is 0 Å². The summed E-state index contributed by atoms with van der Waals surface area (Å²) in [5, 5.41) is 2.93. The molecule has 0 aromatic heterocycles. The van der Waals surface area contributed by atoms with Gasteiger partial charge in [-0.05, 0) is 63.4 Å². The molecule has 2 amide bonds. The van der Waals surface area contributed by atoms with E-state index in [4.69, 9.17) is 0 Å². The van der Waals surface area contributed by atoms with Crippen molar-refractivity contribution in [3.63, 3.8) is 0 Å². The Hall–Kier alpha value is -2.69. The standard InChI is InChI=1S/C23H29FN2O2/c1-16-8-6-7-9-19(16)14-21(27)26(15-18-10-12-20(24)13-11-18)17(2)22(28)25-23(3,4)5/h6-13,17H,14-15H2,1-5H3,(H,25,28)/t17-/m0/s1. The van der Waals surface area contributed by atoms with Gasteiger partial charge in [-0.2, -0.15) is 0 Å². The van der Waals surface area contributed by atoms with Crippen molar-refractivity contribution in [2.24, 2.45) is 0 Å². The summed E-state index contributed by atoms with van der Waals surface area (Å²) in [7, 11) is 0. The van der Waals surface area contributed by atoms with Crippen molar-refractivity contribution in [3.05, 3.63) is 71.0 Å². The van der Waals surface area contributed by atoms with E-state index in [1.807, 2.05) is 52.0 Å². The number of hydrogen-bond donors (Lipinski definition) is 1. The van der Waals surface area contributed by atoms with Gasteiger partial charge in [0.25, 0.3) is 0 Å². The highest BCUT2D eigenvalue weighted by Gasteiger charge is 2.28. The topological polar surface area (TPSA) is 49.4 Å². The average Bonchev–Trinajstić information content (AvgIpc) is 2.61. The molecule has 0 aliphatic heterocycles. The number of nitrogens with one attached hydrogen (secondary N) is 1. The molecule has 0 saturated heterocycles. The van der Waals surface area contributed by atoms with Gasteiger partial charge in [0.2, 0.25) is 11.8 Å². The normalized spacial score (nSPS) is 12.4. The number of carbonyl (C=O) groups is 2. The fourth-order valence-corrected chi connectivity index (χ4v) is 2.92. The van der Waals surface area contributed by atoms with Crippen molar-refractivity contribution in [2.45, 2.75) is 59.2 Å². The molecule has 4 nitrogen and oxygen atoms in total. The maximum absolute atomic E-state index is 13.2. The number of rotatable bonds is 6. The second-order valence-electron chi connectivity index (χ2n) is 8.17. The first-order chi connectivity index (χ1) is 13.1. The van der Waals surface area contributed by atoms with Crippen LogP contribution in [0, 0.1) is 12.7 Å². The Kier molecular flexibility index (Phi) is 6.95. The molecule has 0 heterocycles. The highest BCUT2D eigenvalue weighted by molar-refractivity contribution is 5.88. The summed E-state index contributed by atoms with van der Waals surface area (Å²) in [6, 6.07) is 13.1. The van der Waals surface area contributed by atoms with Crippen molar-refractivity contribution in [1.82, 2.24) is 10.2 Å². The first kappa shape index (κ1) is 21.6. The monoisotopic (exact) mass is 384 g/mol. The minimum absolute atomic E-state index is 0.143. The molecule has 2 aromatic carbocycles. The molecule has 0 aliphatic carbocycles. The molecule has 0 aliphatic rings. The van der Waals surface area contributed by atoms with Crippen LogP contribution < -0.4 is 5.32 Å². The smallest absolute Gasteiger partial charge is 0.242 e. The zero-order valence-electron chi connectivity index (χ0n) is 17.3. The molecule has 28 heavy (non-hydrogen) atoms. The van der Waals surface area contributed by atoms with Crippen LogP contribution in [0.15, 0.2) is 48.5 Å². The lowest BCUT2D eigenvalue weighted by Crippen LogP contribution is -2.52. The molecule has 0 fully saturated rings. The highest BCUT2D eigenvalue weighted by Crippen LogP contribution is 2.15. The van der Waals surface area contributed by atoms with Crippen LogP contribution in [0.2, 0.25) is 0 Å². The van der Waals surface area contributed by atoms with Gasteiger partial charge < -0.3 is 10.2 Å². The van der Waals surface area contributed by atoms with Gasteiger partial charge >= 0.3 is 0 Å². The largest absolute Gasteiger partial charge is 0.350 e. The molecule has 0 saturated carbocycles. The van der Waals surface area contributed by atoms with E-state index in [1.165, 1.54) is 12.1 Å². The second kappa shape index (κ2) is 9.00. The number of carbonyl (C=O) groups excluding carboxylic acids is 2. The van der Waals surface area contributed by atoms with Crippen LogP contribution in [-0.2, 0) is 22.6 Å². The van der Waals surface area contributed by atoms with E-state index in [2.05, 4.69) is 5.32 Å². The van der Waals surface area contributed by atoms with Crippen molar-refractivity contribution >= 4 is 11.8 Å². The number of halogens is 1. The zero-order valence-corrected chi connectivity index (χ0v) is 17.3. The van der Waals surface area contributed by atoms with Crippen molar-refractivity contribution in [1.29, 1.82) is 0 Å². The number of aryl methyl sites for hydroxylation is 1. The van der Waals surface area contributed by atoms with Crippen LogP contribution in [-0.4, -0.2) is 28.3 Å². The Morgan fingerprint density at radius 1 is 1.07 bits per heavy atom. The van der Waals surface area contributed by atoms with E-state index in [0.29, 0.717) is 0 Å². The van der Waals surface area contributed by atoms with Crippen molar-refractivity contribution < 1.29 is 14.0 Å². The maximum atomic E-state index is 13.2. The predicted octanol–water partition coefficient (Wildman–Crippen LogP) is 4.01. The minimum Gasteiger partial charge on any atom is -0.350 e. The molecular formula is C23H29FN2O2. The second-order valence-corrected chi connectivity index (χ2v) is 8.17. The average molecular weight is 384 g/mol. The summed E-state index contributed by atoms with van der Waals surface area (Å²) in [5.41, 5.74) is 2.34. The van der Waals surface area contributed by atoms with Gasteiger partial charge in [0.05, 0.1) is 6.42 Å². The van der Waals surface area contributed by atoms with E-state index in [9.17, 15) is 14.0 Å². The minimum atomic E-state index is -0.652. The maximum Gasteiger partial charge on any atom is 0.242 e. The third kappa shape index (κ3) is 6.19. The van der Waals surface area contributed by atoms with E-state index < -0.39 is 11.6 Å². The van der Waals surface area contributed by atoms with Crippen LogP contribution in [0.4, 0.5) is 4.39 Å². The van der Waals surface area contributed by atoms with Gasteiger partial charge in [-0.1, -0.05) is 36.4 Å². The molecule has 0 unspecified atom stereocenters. The Labute approximate surface area is 166 Å². The van der Waals surface area contributed by atoms with E-state index >= 15 is 0 Å². The van der Waals surface area contributed by atoms with E-state index in [0.717, 1.165) is 16.7 Å². The first-order valence-corrected chi connectivity index (χ1v) is 9.47. The molecule has 0 spiro atoms. The molecule has 1 atom stereocenters. The van der Waals surface area contributed by atoms with Crippen LogP contribution in [0.5, 0.6) is 0 Å². The third-order valence-corrected chi connectivity index (χ3v) is 4.53. The van der Waals surface area contributed by atoms with Gasteiger partial charge in [-0.3, -0.25) is 9.59 Å². The number of benzene rings is 2. The molecule has 5 heteroatoms. The Morgan fingerprint density at radius 2 is 1.68 bits per heavy atom. The molecular weight excluding hydrogens is 355 g/mol. The fourth-order valence-electron chi connectivity index (χ4n) is 2.92. The fraction of sp³-hybridized carbons (Fsp3) is 0.391. The Balaban J connectivity index is 2.26. The summed E-state index contributed by atoms with van der Waals surface area (Å²) in [5.74, 6) is -0.692. The molecule has 2 aromatic rings. The van der Waals surface area contributed by atoms with Crippen molar-refractivity contribution in [2.75, 3.05) is 0 Å². The Morgan fingerprint density at radius 3 is 2.25 bits per heavy atom. The zero-order chi connectivity index (χ0) is 20.9. The van der Waals surface area contributed by atoms with Crippen LogP contribution in [0.3, 0.4) is 0 Å². The van der Waals surface area contributed by atoms with Crippen LogP contribution in [0.1, 0.15) is 44.4 Å². The first-order valence-electron chi connectivity index (χ1n) is 9.47. The summed E-state index contributed by atoms with van der Waals surface area (Å²) in [6.45, 7) is 9.62. The molecule has 0 bridgehead atoms. The number of hydrogen-bond acceptors (Lipinski definition) is 2. The van der Waals surface area contributed by atoms with Crippen LogP contribution in [0.25, 0.3) is 0 Å². The lowest BCUT2D eigenvalue weighted by atomic mass is 10.0. The summed E-state index contributed by atoms with van der Waals surface area (Å²) < 4.78 is 13.2. The highest BCUT2D eigenvalue weighted by atomic mass is 19.1. The molecule has 1 N–H and O–H groups in total. The van der Waals surface area contributed by atoms with E-state index in [1.54, 1.807) is 24.0 Å². The SMILES string of the molecule is Cc1ccccc1CC(=O)N(Cc1ccc(F)cc1)[C@@H](C)C(=O)NC(C)(C)C. The number of nitrogens with zero attached hydrogens (tertiary/aromatic N) is 1. The molecule has 2 rings (SSSR count). The van der Waals surface area contributed by atoms with Crippen molar-refractivity contribution in [3.8, 4) is 0 Å².